The zero-order valence-corrected chi connectivity index (χ0v) is 11.6. The molecule has 1 heterocycles. The predicted octanol–water partition coefficient (Wildman–Crippen LogP) is 0.417. The van der Waals surface area contributed by atoms with Crippen LogP contribution in [0.1, 0.15) is 24.8 Å². The highest BCUT2D eigenvalue weighted by molar-refractivity contribution is 7.84. The predicted molar refractivity (Wildman–Crippen MR) is 70.3 cm³/mol. The lowest BCUT2D eigenvalue weighted by Gasteiger charge is -2.17. The van der Waals surface area contributed by atoms with Gasteiger partial charge in [-0.05, 0) is 24.8 Å². The quantitative estimate of drug-likeness (QED) is 0.793. The summed E-state index contributed by atoms with van der Waals surface area (Å²) in [5, 5.41) is 0. The van der Waals surface area contributed by atoms with Crippen LogP contribution in [-0.2, 0) is 15.9 Å². The first-order valence-electron chi connectivity index (χ1n) is 6.26. The number of likely N-dealkylation sites (tertiary alicyclic amines) is 1. The molecule has 102 valence electrons. The Morgan fingerprint density at radius 3 is 2.06 bits per heavy atom. The lowest BCUT2D eigenvalue weighted by atomic mass is 10.1. The SMILES string of the molecule is C[NH+]1CCCCC1.O=S(=O)([O-])Cc1ccccc1. The van der Waals surface area contributed by atoms with E-state index < -0.39 is 15.9 Å². The van der Waals surface area contributed by atoms with Crippen LogP contribution in [0, 0.1) is 0 Å². The molecule has 0 bridgehead atoms. The van der Waals surface area contributed by atoms with Gasteiger partial charge in [0.25, 0.3) is 0 Å². The van der Waals surface area contributed by atoms with Crippen LogP contribution in [0.2, 0.25) is 0 Å². The standard InChI is InChI=1S/C7H8O3S.C6H13N/c8-11(9,10)6-7-4-2-1-3-5-7;1-7-5-3-2-4-6-7/h1-5H,6H2,(H,8,9,10);2-6H2,1H3. The fraction of sp³-hybridized carbons (Fsp3) is 0.538. The maximum atomic E-state index is 10.2. The summed E-state index contributed by atoms with van der Waals surface area (Å²) < 4.78 is 30.7. The fourth-order valence-electron chi connectivity index (χ4n) is 1.93. The lowest BCUT2D eigenvalue weighted by molar-refractivity contribution is -0.884. The van der Waals surface area contributed by atoms with Gasteiger partial charge in [0, 0.05) is 0 Å². The summed E-state index contributed by atoms with van der Waals surface area (Å²) in [4.78, 5) is 1.71. The van der Waals surface area contributed by atoms with Gasteiger partial charge in [-0.1, -0.05) is 30.3 Å². The number of rotatable bonds is 2. The van der Waals surface area contributed by atoms with Crippen LogP contribution >= 0.6 is 0 Å². The molecule has 0 spiro atoms. The van der Waals surface area contributed by atoms with E-state index in [0.29, 0.717) is 5.56 Å². The zero-order chi connectivity index (χ0) is 13.4. The Labute approximate surface area is 109 Å². The summed E-state index contributed by atoms with van der Waals surface area (Å²) >= 11 is 0. The van der Waals surface area contributed by atoms with Crippen LogP contribution < -0.4 is 4.90 Å². The summed E-state index contributed by atoms with van der Waals surface area (Å²) in [7, 11) is -1.85. The average molecular weight is 271 g/mol. The van der Waals surface area contributed by atoms with Crippen molar-refractivity contribution in [2.75, 3.05) is 20.1 Å². The average Bonchev–Trinajstić information content (AvgIpc) is 2.30. The van der Waals surface area contributed by atoms with Crippen molar-refractivity contribution >= 4 is 10.1 Å². The monoisotopic (exact) mass is 271 g/mol. The molecule has 1 aromatic rings. The third-order valence-corrected chi connectivity index (χ3v) is 3.58. The highest BCUT2D eigenvalue weighted by Gasteiger charge is 2.05. The first-order valence-corrected chi connectivity index (χ1v) is 7.84. The van der Waals surface area contributed by atoms with Gasteiger partial charge >= 0.3 is 0 Å². The first kappa shape index (κ1) is 15.1. The Kier molecular flexibility index (Phi) is 6.32. The highest BCUT2D eigenvalue weighted by Crippen LogP contribution is 2.02. The van der Waals surface area contributed by atoms with Gasteiger partial charge in [0.05, 0.1) is 36.0 Å². The van der Waals surface area contributed by atoms with Crippen LogP contribution in [0.15, 0.2) is 30.3 Å². The minimum absolute atomic E-state index is 0.423. The summed E-state index contributed by atoms with van der Waals surface area (Å²) in [6.45, 7) is 2.81. The summed E-state index contributed by atoms with van der Waals surface area (Å²) in [5.74, 6) is -0.423. The fourth-order valence-corrected chi connectivity index (χ4v) is 2.53. The van der Waals surface area contributed by atoms with Crippen LogP contribution in [-0.4, -0.2) is 33.1 Å². The van der Waals surface area contributed by atoms with Crippen molar-refractivity contribution in [3.8, 4) is 0 Å². The van der Waals surface area contributed by atoms with E-state index in [0.717, 1.165) is 0 Å². The summed E-state index contributed by atoms with van der Waals surface area (Å²) in [5.41, 5.74) is 0.530. The maximum Gasteiger partial charge on any atom is 0.0988 e. The molecular formula is C13H21NO3S. The van der Waals surface area contributed by atoms with Gasteiger partial charge in [-0.25, -0.2) is 8.42 Å². The molecule has 0 aliphatic carbocycles. The molecule has 0 aromatic heterocycles. The van der Waals surface area contributed by atoms with Gasteiger partial charge in [0.1, 0.15) is 0 Å². The Balaban J connectivity index is 0.000000199. The second kappa shape index (κ2) is 7.51. The Morgan fingerprint density at radius 1 is 1.11 bits per heavy atom. The molecule has 5 heteroatoms. The van der Waals surface area contributed by atoms with E-state index in [4.69, 9.17) is 0 Å². The number of quaternary nitrogens is 1. The van der Waals surface area contributed by atoms with E-state index in [1.54, 1.807) is 35.2 Å². The molecule has 0 unspecified atom stereocenters. The van der Waals surface area contributed by atoms with Gasteiger partial charge in [0.15, 0.2) is 0 Å². The van der Waals surface area contributed by atoms with E-state index in [1.165, 1.54) is 32.4 Å². The minimum Gasteiger partial charge on any atom is -0.748 e. The molecule has 18 heavy (non-hydrogen) atoms. The van der Waals surface area contributed by atoms with Crippen molar-refractivity contribution in [2.45, 2.75) is 25.0 Å². The maximum absolute atomic E-state index is 10.2. The van der Waals surface area contributed by atoms with Gasteiger partial charge in [0.2, 0.25) is 0 Å². The number of nitrogens with one attached hydrogen (secondary N) is 1. The van der Waals surface area contributed by atoms with Crippen LogP contribution in [0.25, 0.3) is 0 Å². The molecule has 1 N–H and O–H groups in total. The summed E-state index contributed by atoms with van der Waals surface area (Å²) in [6.07, 6.45) is 4.37. The van der Waals surface area contributed by atoms with Gasteiger partial charge in [-0.3, -0.25) is 0 Å². The van der Waals surface area contributed by atoms with Crippen LogP contribution in [0.4, 0.5) is 0 Å². The first-order chi connectivity index (χ1) is 8.47. The van der Waals surface area contributed by atoms with Crippen molar-refractivity contribution in [2.24, 2.45) is 0 Å². The zero-order valence-electron chi connectivity index (χ0n) is 10.8. The molecule has 1 aromatic carbocycles. The molecule has 1 aliphatic rings. The van der Waals surface area contributed by atoms with Crippen molar-refractivity contribution in [1.29, 1.82) is 0 Å². The van der Waals surface area contributed by atoms with E-state index >= 15 is 0 Å². The van der Waals surface area contributed by atoms with Crippen LogP contribution in [0.5, 0.6) is 0 Å². The Bertz CT molecular complexity index is 425. The molecule has 1 saturated heterocycles. The molecule has 1 fully saturated rings. The van der Waals surface area contributed by atoms with Gasteiger partial charge in [-0.2, -0.15) is 0 Å². The van der Waals surface area contributed by atoms with Gasteiger partial charge in [-0.15, -0.1) is 0 Å². The number of hydrogen-bond donors (Lipinski definition) is 1. The molecular weight excluding hydrogens is 250 g/mol. The second-order valence-corrected chi connectivity index (χ2v) is 6.11. The second-order valence-electron chi connectivity index (χ2n) is 4.71. The molecule has 0 amide bonds. The normalized spacial score (nSPS) is 16.8. The van der Waals surface area contributed by atoms with Crippen molar-refractivity contribution < 1.29 is 17.9 Å². The van der Waals surface area contributed by atoms with Crippen LogP contribution in [0.3, 0.4) is 0 Å². The number of piperidine rings is 1. The third-order valence-electron chi connectivity index (χ3n) is 2.89. The van der Waals surface area contributed by atoms with Gasteiger partial charge < -0.3 is 9.45 Å². The molecule has 0 saturated carbocycles. The van der Waals surface area contributed by atoms with Crippen molar-refractivity contribution in [3.05, 3.63) is 35.9 Å². The molecule has 4 nitrogen and oxygen atoms in total. The topological polar surface area (TPSA) is 61.6 Å². The van der Waals surface area contributed by atoms with Crippen molar-refractivity contribution in [1.82, 2.24) is 0 Å². The Hall–Kier alpha value is -0.910. The Morgan fingerprint density at radius 2 is 1.67 bits per heavy atom. The van der Waals surface area contributed by atoms with Crippen molar-refractivity contribution in [3.63, 3.8) is 0 Å². The highest BCUT2D eigenvalue weighted by atomic mass is 32.2. The number of hydrogen-bond acceptors (Lipinski definition) is 3. The molecule has 1 aliphatic heterocycles. The minimum atomic E-state index is -4.13. The molecule has 0 radical (unpaired) electrons. The van der Waals surface area contributed by atoms with E-state index in [9.17, 15) is 13.0 Å². The largest absolute Gasteiger partial charge is 0.748 e. The molecule has 0 atom stereocenters. The number of benzene rings is 1. The molecule has 2 rings (SSSR count). The van der Waals surface area contributed by atoms with E-state index in [2.05, 4.69) is 7.05 Å². The van der Waals surface area contributed by atoms with E-state index in [1.807, 2.05) is 0 Å². The van der Waals surface area contributed by atoms with E-state index in [-0.39, 0.29) is 0 Å². The summed E-state index contributed by atoms with van der Waals surface area (Å²) in [6, 6.07) is 8.37. The smallest absolute Gasteiger partial charge is 0.0988 e. The lowest BCUT2D eigenvalue weighted by Crippen LogP contribution is -3.09. The third kappa shape index (κ3) is 7.42.